The summed E-state index contributed by atoms with van der Waals surface area (Å²) in [6, 6.07) is 13.1. The molecule has 0 radical (unpaired) electrons. The standard InChI is InChI=1S/C16H15N3O2/c1-11-5-7-12(8-6-11)17-15-13(10-20)16(21)19-9-3-2-4-14(19)18-15/h2-9,17,20H,10H2,1H3. The fraction of sp³-hybridized carbons (Fsp3) is 0.125. The lowest BCUT2D eigenvalue weighted by molar-refractivity contribution is 0.280. The Morgan fingerprint density at radius 2 is 1.95 bits per heavy atom. The third-order valence-corrected chi connectivity index (χ3v) is 3.30. The Kier molecular flexibility index (Phi) is 3.41. The number of aryl methyl sites for hydroxylation is 1. The number of aliphatic hydroxyl groups excluding tert-OH is 1. The van der Waals surface area contributed by atoms with Crippen molar-refractivity contribution < 1.29 is 5.11 Å². The van der Waals surface area contributed by atoms with Crippen LogP contribution < -0.4 is 10.9 Å². The zero-order valence-electron chi connectivity index (χ0n) is 11.6. The highest BCUT2D eigenvalue weighted by Crippen LogP contribution is 2.18. The maximum Gasteiger partial charge on any atom is 0.265 e. The first-order chi connectivity index (χ1) is 10.2. The molecule has 0 amide bonds. The highest BCUT2D eigenvalue weighted by atomic mass is 16.3. The third-order valence-electron chi connectivity index (χ3n) is 3.30. The van der Waals surface area contributed by atoms with E-state index in [1.54, 1.807) is 18.3 Å². The van der Waals surface area contributed by atoms with Crippen LogP contribution in [0.1, 0.15) is 11.1 Å². The molecule has 0 saturated heterocycles. The first-order valence-corrected chi connectivity index (χ1v) is 6.64. The van der Waals surface area contributed by atoms with Crippen molar-refractivity contribution in [3.63, 3.8) is 0 Å². The topological polar surface area (TPSA) is 66.6 Å². The lowest BCUT2D eigenvalue weighted by Crippen LogP contribution is -2.21. The van der Waals surface area contributed by atoms with E-state index in [0.717, 1.165) is 11.3 Å². The van der Waals surface area contributed by atoms with Crippen LogP contribution >= 0.6 is 0 Å². The molecule has 3 aromatic rings. The van der Waals surface area contributed by atoms with E-state index in [0.29, 0.717) is 11.5 Å². The van der Waals surface area contributed by atoms with E-state index in [-0.39, 0.29) is 17.7 Å². The second kappa shape index (κ2) is 5.38. The summed E-state index contributed by atoms with van der Waals surface area (Å²) in [6.07, 6.45) is 1.64. The minimum absolute atomic E-state index is 0.249. The van der Waals surface area contributed by atoms with Gasteiger partial charge in [0.1, 0.15) is 11.5 Å². The Bertz CT molecular complexity index is 838. The molecule has 5 heteroatoms. The average molecular weight is 281 g/mol. The van der Waals surface area contributed by atoms with Gasteiger partial charge in [0.05, 0.1) is 12.2 Å². The summed E-state index contributed by atoms with van der Waals surface area (Å²) < 4.78 is 1.42. The Morgan fingerprint density at radius 3 is 2.67 bits per heavy atom. The lowest BCUT2D eigenvalue weighted by Gasteiger charge is -2.11. The first kappa shape index (κ1) is 13.3. The molecule has 3 rings (SSSR count). The van der Waals surface area contributed by atoms with Gasteiger partial charge in [-0.25, -0.2) is 4.98 Å². The summed E-state index contributed by atoms with van der Waals surface area (Å²) in [7, 11) is 0. The maximum atomic E-state index is 12.3. The molecule has 2 aromatic heterocycles. The van der Waals surface area contributed by atoms with Crippen molar-refractivity contribution in [1.29, 1.82) is 0 Å². The van der Waals surface area contributed by atoms with Gasteiger partial charge >= 0.3 is 0 Å². The molecular weight excluding hydrogens is 266 g/mol. The van der Waals surface area contributed by atoms with Gasteiger partial charge in [0.2, 0.25) is 0 Å². The monoisotopic (exact) mass is 281 g/mol. The van der Waals surface area contributed by atoms with Gasteiger partial charge in [0.25, 0.3) is 5.56 Å². The number of nitrogens with one attached hydrogen (secondary N) is 1. The van der Waals surface area contributed by atoms with Crippen LogP contribution in [0.2, 0.25) is 0 Å². The van der Waals surface area contributed by atoms with E-state index in [1.807, 2.05) is 37.3 Å². The molecule has 0 spiro atoms. The van der Waals surface area contributed by atoms with Gasteiger partial charge in [-0.2, -0.15) is 0 Å². The van der Waals surface area contributed by atoms with Gasteiger partial charge < -0.3 is 10.4 Å². The second-order valence-corrected chi connectivity index (χ2v) is 4.82. The zero-order chi connectivity index (χ0) is 14.8. The number of hydrogen-bond acceptors (Lipinski definition) is 4. The molecule has 0 bridgehead atoms. The highest BCUT2D eigenvalue weighted by molar-refractivity contribution is 5.61. The van der Waals surface area contributed by atoms with Crippen LogP contribution in [0.5, 0.6) is 0 Å². The van der Waals surface area contributed by atoms with Gasteiger partial charge in [-0.1, -0.05) is 23.8 Å². The molecule has 2 heterocycles. The van der Waals surface area contributed by atoms with E-state index in [2.05, 4.69) is 10.3 Å². The smallest absolute Gasteiger partial charge is 0.265 e. The molecule has 0 saturated carbocycles. The number of hydrogen-bond donors (Lipinski definition) is 2. The highest BCUT2D eigenvalue weighted by Gasteiger charge is 2.11. The van der Waals surface area contributed by atoms with E-state index >= 15 is 0 Å². The molecule has 1 aromatic carbocycles. The molecular formula is C16H15N3O2. The van der Waals surface area contributed by atoms with Crippen molar-refractivity contribution in [3.8, 4) is 0 Å². The van der Waals surface area contributed by atoms with Crippen LogP contribution in [0.4, 0.5) is 11.5 Å². The predicted molar refractivity (Wildman–Crippen MR) is 81.8 cm³/mol. The molecule has 21 heavy (non-hydrogen) atoms. The Labute approximate surface area is 121 Å². The molecule has 0 aliphatic carbocycles. The van der Waals surface area contributed by atoms with Crippen molar-refractivity contribution in [2.24, 2.45) is 0 Å². The van der Waals surface area contributed by atoms with Crippen LogP contribution in [-0.4, -0.2) is 14.5 Å². The van der Waals surface area contributed by atoms with Crippen LogP contribution in [0, 0.1) is 6.92 Å². The summed E-state index contributed by atoms with van der Waals surface area (Å²) in [5.74, 6) is 0.387. The van der Waals surface area contributed by atoms with E-state index < -0.39 is 0 Å². The molecule has 0 unspecified atom stereocenters. The molecule has 0 aliphatic heterocycles. The fourth-order valence-corrected chi connectivity index (χ4v) is 2.15. The second-order valence-electron chi connectivity index (χ2n) is 4.82. The Hall–Kier alpha value is -2.66. The summed E-state index contributed by atoms with van der Waals surface area (Å²) >= 11 is 0. The van der Waals surface area contributed by atoms with Gasteiger partial charge in [0.15, 0.2) is 0 Å². The van der Waals surface area contributed by atoms with Crippen molar-refractivity contribution in [3.05, 3.63) is 70.1 Å². The lowest BCUT2D eigenvalue weighted by atomic mass is 10.2. The summed E-state index contributed by atoms with van der Waals surface area (Å²) in [4.78, 5) is 16.8. The minimum atomic E-state index is -0.363. The first-order valence-electron chi connectivity index (χ1n) is 6.64. The quantitative estimate of drug-likeness (QED) is 0.772. The normalized spacial score (nSPS) is 10.8. The van der Waals surface area contributed by atoms with E-state index in [4.69, 9.17) is 0 Å². The van der Waals surface area contributed by atoms with Crippen LogP contribution in [0.3, 0.4) is 0 Å². The average Bonchev–Trinajstić information content (AvgIpc) is 2.50. The molecule has 5 nitrogen and oxygen atoms in total. The predicted octanol–water partition coefficient (Wildman–Crippen LogP) is 2.24. The van der Waals surface area contributed by atoms with E-state index in [1.165, 1.54) is 4.40 Å². The molecule has 2 N–H and O–H groups in total. The van der Waals surface area contributed by atoms with Gasteiger partial charge in [-0.15, -0.1) is 0 Å². The fourth-order valence-electron chi connectivity index (χ4n) is 2.15. The van der Waals surface area contributed by atoms with Crippen LogP contribution in [0.25, 0.3) is 5.65 Å². The van der Waals surface area contributed by atoms with Crippen molar-refractivity contribution in [2.75, 3.05) is 5.32 Å². The van der Waals surface area contributed by atoms with Crippen molar-refractivity contribution in [1.82, 2.24) is 9.38 Å². The van der Waals surface area contributed by atoms with E-state index in [9.17, 15) is 9.90 Å². The van der Waals surface area contributed by atoms with Crippen molar-refractivity contribution >= 4 is 17.2 Å². The number of pyridine rings is 1. The van der Waals surface area contributed by atoms with Crippen LogP contribution in [-0.2, 0) is 6.61 Å². The number of aliphatic hydroxyl groups is 1. The molecule has 0 fully saturated rings. The minimum Gasteiger partial charge on any atom is -0.391 e. The Balaban J connectivity index is 2.13. The number of fused-ring (bicyclic) bond motifs is 1. The van der Waals surface area contributed by atoms with Crippen LogP contribution in [0.15, 0.2) is 53.5 Å². The number of anilines is 2. The zero-order valence-corrected chi connectivity index (χ0v) is 11.6. The maximum absolute atomic E-state index is 12.3. The SMILES string of the molecule is Cc1ccc(Nc2nc3ccccn3c(=O)c2CO)cc1. The molecule has 106 valence electrons. The number of rotatable bonds is 3. The summed E-state index contributed by atoms with van der Waals surface area (Å²) in [6.45, 7) is 1.64. The van der Waals surface area contributed by atoms with Gasteiger partial charge in [-0.05, 0) is 31.2 Å². The summed E-state index contributed by atoms with van der Waals surface area (Å²) in [5, 5.41) is 12.6. The Morgan fingerprint density at radius 1 is 1.19 bits per heavy atom. The van der Waals surface area contributed by atoms with Gasteiger partial charge in [0, 0.05) is 11.9 Å². The largest absolute Gasteiger partial charge is 0.391 e. The number of nitrogens with zero attached hydrogens (tertiary/aromatic N) is 2. The summed E-state index contributed by atoms with van der Waals surface area (Å²) in [5.41, 5.74) is 2.49. The third kappa shape index (κ3) is 2.51. The molecule has 0 aliphatic rings. The van der Waals surface area contributed by atoms with Gasteiger partial charge in [-0.3, -0.25) is 9.20 Å². The van der Waals surface area contributed by atoms with Crippen molar-refractivity contribution in [2.45, 2.75) is 13.5 Å². The number of benzene rings is 1. The number of aromatic nitrogens is 2. The molecule has 0 atom stereocenters.